The minimum Gasteiger partial charge on any atom is -0.496 e. The average Bonchev–Trinajstić information content (AvgIpc) is 2.36. The maximum absolute atomic E-state index is 9.91. The molecule has 0 aliphatic heterocycles. The molecule has 1 rings (SSSR count). The highest BCUT2D eigenvalue weighted by Crippen LogP contribution is 2.34. The molecule has 1 unspecified atom stereocenters. The molecule has 0 aliphatic rings. The second-order valence-electron chi connectivity index (χ2n) is 4.39. The summed E-state index contributed by atoms with van der Waals surface area (Å²) in [6, 6.07) is 7.88. The zero-order chi connectivity index (χ0) is 13.7. The standard InChI is InChI=1S/C14H20N2O2/c1-10(8-9-15)16(3)12-6-5-7-13(18-4)14(12)11(2)17/h5-7,10-11,17H,8H2,1-4H3/t10?,11-/m1/s1. The number of nitriles is 1. The Hall–Kier alpha value is -1.73. The SMILES string of the molecule is COc1cccc(N(C)C(C)CC#N)c1[C@@H](C)O. The first-order valence-corrected chi connectivity index (χ1v) is 5.97. The second-order valence-corrected chi connectivity index (χ2v) is 4.39. The van der Waals surface area contributed by atoms with Gasteiger partial charge in [-0.05, 0) is 26.0 Å². The van der Waals surface area contributed by atoms with Crippen molar-refractivity contribution in [1.29, 1.82) is 5.26 Å². The number of aliphatic hydroxyl groups is 1. The summed E-state index contributed by atoms with van der Waals surface area (Å²) in [6.07, 6.45) is -0.180. The molecule has 0 saturated carbocycles. The lowest BCUT2D eigenvalue weighted by Crippen LogP contribution is -2.29. The number of methoxy groups -OCH3 is 1. The van der Waals surface area contributed by atoms with E-state index >= 15 is 0 Å². The first kappa shape index (κ1) is 14.3. The monoisotopic (exact) mass is 248 g/mol. The van der Waals surface area contributed by atoms with Crippen molar-refractivity contribution in [1.82, 2.24) is 0 Å². The van der Waals surface area contributed by atoms with Crippen LogP contribution in [0.4, 0.5) is 5.69 Å². The summed E-state index contributed by atoms with van der Waals surface area (Å²) in [6.45, 7) is 3.69. The maximum Gasteiger partial charge on any atom is 0.126 e. The van der Waals surface area contributed by atoms with E-state index in [9.17, 15) is 5.11 Å². The Labute approximate surface area is 108 Å². The molecule has 4 nitrogen and oxygen atoms in total. The number of anilines is 1. The number of rotatable bonds is 5. The summed E-state index contributed by atoms with van der Waals surface area (Å²) in [5.74, 6) is 0.665. The Bertz CT molecular complexity index is 438. The van der Waals surface area contributed by atoms with E-state index in [1.807, 2.05) is 37.1 Å². The molecule has 0 amide bonds. The molecular formula is C14H20N2O2. The molecule has 1 aromatic rings. The number of hydrogen-bond acceptors (Lipinski definition) is 4. The summed E-state index contributed by atoms with van der Waals surface area (Å²) in [4.78, 5) is 1.99. The minimum absolute atomic E-state index is 0.0830. The Balaban J connectivity index is 3.19. The van der Waals surface area contributed by atoms with Crippen LogP contribution in [0.1, 0.15) is 31.9 Å². The molecule has 0 bridgehead atoms. The molecule has 0 heterocycles. The average molecular weight is 248 g/mol. The summed E-state index contributed by atoms with van der Waals surface area (Å²) < 4.78 is 5.29. The van der Waals surface area contributed by atoms with Crippen molar-refractivity contribution in [3.63, 3.8) is 0 Å². The van der Waals surface area contributed by atoms with Crippen molar-refractivity contribution < 1.29 is 9.84 Å². The number of hydrogen-bond donors (Lipinski definition) is 1. The molecule has 18 heavy (non-hydrogen) atoms. The van der Waals surface area contributed by atoms with Gasteiger partial charge in [0, 0.05) is 24.3 Å². The molecule has 0 aromatic heterocycles. The fourth-order valence-corrected chi connectivity index (χ4v) is 1.94. The zero-order valence-electron chi connectivity index (χ0n) is 11.3. The lowest BCUT2D eigenvalue weighted by atomic mass is 10.0. The van der Waals surface area contributed by atoms with E-state index in [0.717, 1.165) is 11.3 Å². The predicted octanol–water partition coefficient (Wildman–Crippen LogP) is 2.49. The van der Waals surface area contributed by atoms with Crippen LogP contribution in [0.5, 0.6) is 5.75 Å². The zero-order valence-corrected chi connectivity index (χ0v) is 11.3. The van der Waals surface area contributed by atoms with Gasteiger partial charge >= 0.3 is 0 Å². The quantitative estimate of drug-likeness (QED) is 0.869. The fraction of sp³-hybridized carbons (Fsp3) is 0.500. The van der Waals surface area contributed by atoms with Crippen molar-refractivity contribution in [2.75, 3.05) is 19.1 Å². The van der Waals surface area contributed by atoms with Gasteiger partial charge in [-0.1, -0.05) is 6.07 Å². The topological polar surface area (TPSA) is 56.5 Å². The normalized spacial score (nSPS) is 13.6. The molecule has 4 heteroatoms. The number of nitrogens with zero attached hydrogens (tertiary/aromatic N) is 2. The number of ether oxygens (including phenoxy) is 1. The van der Waals surface area contributed by atoms with Crippen molar-refractivity contribution in [2.45, 2.75) is 32.4 Å². The van der Waals surface area contributed by atoms with Gasteiger partial charge in [0.2, 0.25) is 0 Å². The van der Waals surface area contributed by atoms with E-state index in [-0.39, 0.29) is 6.04 Å². The van der Waals surface area contributed by atoms with Gasteiger partial charge in [0.15, 0.2) is 0 Å². The van der Waals surface area contributed by atoms with Crippen molar-refractivity contribution >= 4 is 5.69 Å². The van der Waals surface area contributed by atoms with E-state index in [4.69, 9.17) is 10.00 Å². The predicted molar refractivity (Wildman–Crippen MR) is 71.7 cm³/mol. The van der Waals surface area contributed by atoms with Crippen LogP contribution in [0.25, 0.3) is 0 Å². The molecule has 0 spiro atoms. The highest BCUT2D eigenvalue weighted by Gasteiger charge is 2.19. The van der Waals surface area contributed by atoms with Crippen LogP contribution < -0.4 is 9.64 Å². The second kappa shape index (κ2) is 6.27. The fourth-order valence-electron chi connectivity index (χ4n) is 1.94. The van der Waals surface area contributed by atoms with Gasteiger partial charge < -0.3 is 14.7 Å². The summed E-state index contributed by atoms with van der Waals surface area (Å²) >= 11 is 0. The van der Waals surface area contributed by atoms with Gasteiger partial charge in [0.25, 0.3) is 0 Å². The van der Waals surface area contributed by atoms with Gasteiger partial charge in [-0.3, -0.25) is 0 Å². The molecule has 2 atom stereocenters. The molecule has 1 N–H and O–H groups in total. The van der Waals surface area contributed by atoms with Gasteiger partial charge in [0.05, 0.1) is 25.7 Å². The van der Waals surface area contributed by atoms with Crippen LogP contribution >= 0.6 is 0 Å². The van der Waals surface area contributed by atoms with Gasteiger partial charge in [0.1, 0.15) is 5.75 Å². The van der Waals surface area contributed by atoms with E-state index in [0.29, 0.717) is 12.2 Å². The van der Waals surface area contributed by atoms with Gasteiger partial charge in [-0.15, -0.1) is 0 Å². The molecule has 0 fully saturated rings. The van der Waals surface area contributed by atoms with Crippen LogP contribution in [-0.4, -0.2) is 25.3 Å². The third kappa shape index (κ3) is 2.93. The van der Waals surface area contributed by atoms with Crippen molar-refractivity contribution in [3.8, 4) is 11.8 Å². The van der Waals surface area contributed by atoms with Crippen LogP contribution in [0.2, 0.25) is 0 Å². The first-order chi connectivity index (χ1) is 8.52. The highest BCUT2D eigenvalue weighted by atomic mass is 16.5. The smallest absolute Gasteiger partial charge is 0.126 e. The van der Waals surface area contributed by atoms with E-state index in [1.54, 1.807) is 14.0 Å². The number of aliphatic hydroxyl groups excluding tert-OH is 1. The molecule has 1 aromatic carbocycles. The van der Waals surface area contributed by atoms with Crippen molar-refractivity contribution in [3.05, 3.63) is 23.8 Å². The lowest BCUT2D eigenvalue weighted by molar-refractivity contribution is 0.194. The molecule has 98 valence electrons. The largest absolute Gasteiger partial charge is 0.496 e. The molecular weight excluding hydrogens is 228 g/mol. The molecule has 0 saturated heterocycles. The molecule has 0 aliphatic carbocycles. The highest BCUT2D eigenvalue weighted by molar-refractivity contribution is 5.60. The van der Waals surface area contributed by atoms with Crippen molar-refractivity contribution in [2.24, 2.45) is 0 Å². The van der Waals surface area contributed by atoms with Gasteiger partial charge in [-0.25, -0.2) is 0 Å². The van der Waals surface area contributed by atoms with Crippen LogP contribution in [0.3, 0.4) is 0 Å². The van der Waals surface area contributed by atoms with E-state index in [2.05, 4.69) is 6.07 Å². The number of benzene rings is 1. The van der Waals surface area contributed by atoms with E-state index in [1.165, 1.54) is 0 Å². The summed E-state index contributed by atoms with van der Waals surface area (Å²) in [5, 5.41) is 18.7. The summed E-state index contributed by atoms with van der Waals surface area (Å²) in [7, 11) is 3.51. The first-order valence-electron chi connectivity index (χ1n) is 5.97. The Morgan fingerprint density at radius 3 is 2.61 bits per heavy atom. The van der Waals surface area contributed by atoms with Gasteiger partial charge in [-0.2, -0.15) is 5.26 Å². The Morgan fingerprint density at radius 1 is 1.44 bits per heavy atom. The third-order valence-electron chi connectivity index (χ3n) is 3.11. The minimum atomic E-state index is -0.618. The Kier molecular flexibility index (Phi) is 4.99. The summed E-state index contributed by atoms with van der Waals surface area (Å²) in [5.41, 5.74) is 1.65. The maximum atomic E-state index is 9.91. The van der Waals surface area contributed by atoms with Crippen LogP contribution in [-0.2, 0) is 0 Å². The third-order valence-corrected chi connectivity index (χ3v) is 3.11. The molecule has 0 radical (unpaired) electrons. The van der Waals surface area contributed by atoms with Crippen LogP contribution in [0, 0.1) is 11.3 Å². The van der Waals surface area contributed by atoms with Crippen LogP contribution in [0.15, 0.2) is 18.2 Å². The Morgan fingerprint density at radius 2 is 2.11 bits per heavy atom. The lowest BCUT2D eigenvalue weighted by Gasteiger charge is -2.29. The van der Waals surface area contributed by atoms with E-state index < -0.39 is 6.10 Å².